The Morgan fingerprint density at radius 2 is 1.53 bits per heavy atom. The lowest BCUT2D eigenvalue weighted by Gasteiger charge is -2.11. The molecule has 0 aliphatic carbocycles. The maximum absolute atomic E-state index is 12.2. The molecule has 4 N–H and O–H groups in total. The molecule has 0 aromatic heterocycles. The van der Waals surface area contributed by atoms with Gasteiger partial charge in [-0.2, -0.15) is 0 Å². The lowest BCUT2D eigenvalue weighted by molar-refractivity contribution is -0.114. The summed E-state index contributed by atoms with van der Waals surface area (Å²) in [4.78, 5) is 36.4. The van der Waals surface area contributed by atoms with Gasteiger partial charge in [-0.05, 0) is 67.8 Å². The van der Waals surface area contributed by atoms with Gasteiger partial charge in [0.25, 0.3) is 11.8 Å². The molecule has 1 atom stereocenters. The fourth-order valence-electron chi connectivity index (χ4n) is 3.29. The zero-order valence-corrected chi connectivity index (χ0v) is 18.3. The van der Waals surface area contributed by atoms with E-state index in [4.69, 9.17) is 4.74 Å². The summed E-state index contributed by atoms with van der Waals surface area (Å²) in [5.74, 6) is -0.489. The van der Waals surface area contributed by atoms with Gasteiger partial charge >= 0.3 is 0 Å². The predicted molar refractivity (Wildman–Crippen MR) is 124 cm³/mol. The molecule has 1 aliphatic heterocycles. The van der Waals surface area contributed by atoms with Crippen molar-refractivity contribution in [3.63, 3.8) is 0 Å². The number of hydrogen-bond acceptors (Lipinski definition) is 5. The molecule has 1 heterocycles. The van der Waals surface area contributed by atoms with E-state index in [0.717, 1.165) is 31.6 Å². The van der Waals surface area contributed by atoms with E-state index in [9.17, 15) is 14.4 Å². The molecular weight excluding hydrogens is 408 g/mol. The molecule has 0 radical (unpaired) electrons. The van der Waals surface area contributed by atoms with Gasteiger partial charge in [-0.25, -0.2) is 0 Å². The molecule has 3 amide bonds. The molecular formula is C24H30N4O4. The fraction of sp³-hybridized carbons (Fsp3) is 0.375. The first-order valence-electron chi connectivity index (χ1n) is 11.0. The Bertz CT molecular complexity index is 907. The first-order chi connectivity index (χ1) is 15.5. The third-order valence-electron chi connectivity index (χ3n) is 5.08. The molecule has 1 saturated heterocycles. The molecule has 32 heavy (non-hydrogen) atoms. The second-order valence-corrected chi connectivity index (χ2v) is 7.66. The van der Waals surface area contributed by atoms with Gasteiger partial charge < -0.3 is 26.0 Å². The molecule has 0 bridgehead atoms. The Kier molecular flexibility index (Phi) is 8.62. The zero-order chi connectivity index (χ0) is 22.8. The van der Waals surface area contributed by atoms with E-state index >= 15 is 0 Å². The second-order valence-electron chi connectivity index (χ2n) is 7.66. The van der Waals surface area contributed by atoms with Crippen LogP contribution in [0.5, 0.6) is 0 Å². The molecule has 2 aromatic carbocycles. The molecule has 8 heteroatoms. The molecule has 0 saturated carbocycles. The van der Waals surface area contributed by atoms with E-state index < -0.39 is 0 Å². The van der Waals surface area contributed by atoms with Crippen LogP contribution >= 0.6 is 0 Å². The summed E-state index contributed by atoms with van der Waals surface area (Å²) in [6.45, 7) is 3.97. The third-order valence-corrected chi connectivity index (χ3v) is 5.08. The Balaban J connectivity index is 1.41. The molecule has 1 fully saturated rings. The lowest BCUT2D eigenvalue weighted by atomic mass is 10.2. The van der Waals surface area contributed by atoms with Crippen molar-refractivity contribution in [2.45, 2.75) is 32.3 Å². The SMILES string of the molecule is CCCNC(=O)c1ccc(NCC(=O)Nc2ccc(C(=O)NCC3CCCO3)cc2)cc1. The van der Waals surface area contributed by atoms with Crippen LogP contribution in [0, 0.1) is 0 Å². The van der Waals surface area contributed by atoms with E-state index in [-0.39, 0.29) is 30.4 Å². The highest BCUT2D eigenvalue weighted by Crippen LogP contribution is 2.13. The van der Waals surface area contributed by atoms with Gasteiger partial charge in [-0.3, -0.25) is 14.4 Å². The van der Waals surface area contributed by atoms with Crippen molar-refractivity contribution in [3.8, 4) is 0 Å². The summed E-state index contributed by atoms with van der Waals surface area (Å²) >= 11 is 0. The van der Waals surface area contributed by atoms with Gasteiger partial charge in [0.05, 0.1) is 12.6 Å². The minimum atomic E-state index is -0.217. The van der Waals surface area contributed by atoms with Gasteiger partial charge in [0, 0.05) is 42.2 Å². The predicted octanol–water partition coefficient (Wildman–Crippen LogP) is 2.79. The monoisotopic (exact) mass is 438 g/mol. The minimum absolute atomic E-state index is 0.0744. The van der Waals surface area contributed by atoms with Crippen LogP contribution in [0.25, 0.3) is 0 Å². The van der Waals surface area contributed by atoms with Crippen molar-refractivity contribution in [2.24, 2.45) is 0 Å². The molecule has 170 valence electrons. The summed E-state index contributed by atoms with van der Waals surface area (Å²) < 4.78 is 5.50. The van der Waals surface area contributed by atoms with Crippen molar-refractivity contribution in [2.75, 3.05) is 36.9 Å². The van der Waals surface area contributed by atoms with Crippen molar-refractivity contribution in [1.29, 1.82) is 0 Å². The Morgan fingerprint density at radius 3 is 2.12 bits per heavy atom. The second kappa shape index (κ2) is 11.9. The Morgan fingerprint density at radius 1 is 0.906 bits per heavy atom. The summed E-state index contributed by atoms with van der Waals surface area (Å²) in [6, 6.07) is 13.7. The van der Waals surface area contributed by atoms with E-state index in [0.29, 0.717) is 29.9 Å². The number of nitrogens with one attached hydrogen (secondary N) is 4. The van der Waals surface area contributed by atoms with Crippen LogP contribution in [-0.2, 0) is 9.53 Å². The topological polar surface area (TPSA) is 109 Å². The fourth-order valence-corrected chi connectivity index (χ4v) is 3.29. The quantitative estimate of drug-likeness (QED) is 0.456. The lowest BCUT2D eigenvalue weighted by Crippen LogP contribution is -2.31. The molecule has 2 aromatic rings. The molecule has 3 rings (SSSR count). The molecule has 0 spiro atoms. The Labute approximate surface area is 188 Å². The van der Waals surface area contributed by atoms with Crippen LogP contribution in [0.15, 0.2) is 48.5 Å². The highest BCUT2D eigenvalue weighted by Gasteiger charge is 2.16. The van der Waals surface area contributed by atoms with Crippen LogP contribution in [0.2, 0.25) is 0 Å². The zero-order valence-electron chi connectivity index (χ0n) is 18.3. The number of ether oxygens (including phenoxy) is 1. The summed E-state index contributed by atoms with van der Waals surface area (Å²) in [5.41, 5.74) is 2.46. The summed E-state index contributed by atoms with van der Waals surface area (Å²) in [5, 5.41) is 11.5. The van der Waals surface area contributed by atoms with E-state index in [2.05, 4.69) is 21.3 Å². The number of anilines is 2. The third kappa shape index (κ3) is 7.09. The average Bonchev–Trinajstić information content (AvgIpc) is 3.34. The normalized spacial score (nSPS) is 15.1. The largest absolute Gasteiger partial charge is 0.376 e. The van der Waals surface area contributed by atoms with E-state index in [1.165, 1.54) is 0 Å². The number of amides is 3. The summed E-state index contributed by atoms with van der Waals surface area (Å²) in [7, 11) is 0. The number of hydrogen-bond donors (Lipinski definition) is 4. The maximum atomic E-state index is 12.2. The van der Waals surface area contributed by atoms with Crippen molar-refractivity contribution in [1.82, 2.24) is 10.6 Å². The highest BCUT2D eigenvalue weighted by molar-refractivity contribution is 5.97. The molecule has 1 aliphatic rings. The maximum Gasteiger partial charge on any atom is 0.251 e. The first-order valence-corrected chi connectivity index (χ1v) is 11.0. The van der Waals surface area contributed by atoms with Crippen LogP contribution in [0.3, 0.4) is 0 Å². The molecule has 1 unspecified atom stereocenters. The first kappa shape index (κ1) is 23.3. The van der Waals surface area contributed by atoms with Gasteiger partial charge in [0.2, 0.25) is 5.91 Å². The van der Waals surface area contributed by atoms with Gasteiger partial charge in [-0.1, -0.05) is 6.92 Å². The van der Waals surface area contributed by atoms with Crippen LogP contribution in [0.4, 0.5) is 11.4 Å². The van der Waals surface area contributed by atoms with E-state index in [1.807, 2.05) is 6.92 Å². The number of rotatable bonds is 10. The van der Waals surface area contributed by atoms with Crippen LogP contribution in [0.1, 0.15) is 46.9 Å². The van der Waals surface area contributed by atoms with Crippen molar-refractivity contribution >= 4 is 29.1 Å². The smallest absolute Gasteiger partial charge is 0.251 e. The number of benzene rings is 2. The average molecular weight is 439 g/mol. The Hall–Kier alpha value is -3.39. The van der Waals surface area contributed by atoms with Gasteiger partial charge in [0.1, 0.15) is 0 Å². The number of carbonyl (C=O) groups is 3. The van der Waals surface area contributed by atoms with Gasteiger partial charge in [-0.15, -0.1) is 0 Å². The van der Waals surface area contributed by atoms with E-state index in [1.54, 1.807) is 48.5 Å². The van der Waals surface area contributed by atoms with Crippen LogP contribution in [-0.4, -0.2) is 50.1 Å². The number of carbonyl (C=O) groups excluding carboxylic acids is 3. The van der Waals surface area contributed by atoms with Gasteiger partial charge in [0.15, 0.2) is 0 Å². The standard InChI is InChI=1S/C24H30N4O4/c1-2-13-25-23(30)17-5-9-19(10-6-17)26-16-22(29)28-20-11-7-18(8-12-20)24(31)27-15-21-4-3-14-32-21/h5-12,21,26H,2-4,13-16H2,1H3,(H,25,30)(H,27,31)(H,28,29). The molecule has 8 nitrogen and oxygen atoms in total. The minimum Gasteiger partial charge on any atom is -0.376 e. The summed E-state index contributed by atoms with van der Waals surface area (Å²) in [6.07, 6.45) is 2.98. The highest BCUT2D eigenvalue weighted by atomic mass is 16.5. The van der Waals surface area contributed by atoms with Crippen LogP contribution < -0.4 is 21.3 Å². The van der Waals surface area contributed by atoms with Crippen molar-refractivity contribution in [3.05, 3.63) is 59.7 Å². The van der Waals surface area contributed by atoms with Crippen molar-refractivity contribution < 1.29 is 19.1 Å².